The second kappa shape index (κ2) is 7.77. The van der Waals surface area contributed by atoms with E-state index in [9.17, 15) is 4.39 Å². The molecule has 23 heavy (non-hydrogen) atoms. The molecule has 0 atom stereocenters. The van der Waals surface area contributed by atoms with Crippen LogP contribution in [0.2, 0.25) is 0 Å². The number of rotatable bonds is 4. The van der Waals surface area contributed by atoms with Gasteiger partial charge in [0.15, 0.2) is 0 Å². The van der Waals surface area contributed by atoms with E-state index in [0.29, 0.717) is 11.3 Å². The van der Waals surface area contributed by atoms with E-state index in [-0.39, 0.29) is 5.56 Å². The molecule has 1 aromatic heterocycles. The summed E-state index contributed by atoms with van der Waals surface area (Å²) in [5.41, 5.74) is 2.31. The predicted molar refractivity (Wildman–Crippen MR) is 88.3 cm³/mol. The second-order valence-electron chi connectivity index (χ2n) is 4.89. The fourth-order valence-corrected chi connectivity index (χ4v) is 1.93. The SMILES string of the molecule is C=C/C(C#Cc1cnn(-c2cc(F)cc(C#N)c2)c1)=C\CCC. The second-order valence-corrected chi connectivity index (χ2v) is 4.89. The van der Waals surface area contributed by atoms with Gasteiger partial charge in [-0.15, -0.1) is 0 Å². The number of nitrogens with zero attached hydrogens (tertiary/aromatic N) is 3. The van der Waals surface area contributed by atoms with Gasteiger partial charge in [-0.25, -0.2) is 9.07 Å². The zero-order chi connectivity index (χ0) is 16.7. The van der Waals surface area contributed by atoms with Crippen LogP contribution in [0.4, 0.5) is 4.39 Å². The van der Waals surface area contributed by atoms with Gasteiger partial charge in [0.05, 0.1) is 29.1 Å². The van der Waals surface area contributed by atoms with Crippen molar-refractivity contribution in [2.45, 2.75) is 19.8 Å². The Kier molecular flexibility index (Phi) is 5.50. The Balaban J connectivity index is 2.27. The van der Waals surface area contributed by atoms with Crippen molar-refractivity contribution in [2.24, 2.45) is 0 Å². The normalized spacial score (nSPS) is 10.6. The Hall–Kier alpha value is -3.11. The first kappa shape index (κ1) is 16.3. The molecule has 0 N–H and O–H groups in total. The van der Waals surface area contributed by atoms with Gasteiger partial charge in [0.25, 0.3) is 0 Å². The monoisotopic (exact) mass is 305 g/mol. The van der Waals surface area contributed by atoms with Crippen LogP contribution >= 0.6 is 0 Å². The molecule has 0 aliphatic heterocycles. The van der Waals surface area contributed by atoms with E-state index in [4.69, 9.17) is 5.26 Å². The molecule has 1 aromatic carbocycles. The van der Waals surface area contributed by atoms with Crippen LogP contribution in [0, 0.1) is 29.0 Å². The van der Waals surface area contributed by atoms with E-state index < -0.39 is 5.82 Å². The summed E-state index contributed by atoms with van der Waals surface area (Å²) in [4.78, 5) is 0. The first-order valence-corrected chi connectivity index (χ1v) is 7.26. The van der Waals surface area contributed by atoms with Crippen molar-refractivity contribution < 1.29 is 4.39 Å². The molecular weight excluding hydrogens is 289 g/mol. The highest BCUT2D eigenvalue weighted by molar-refractivity contribution is 5.45. The van der Waals surface area contributed by atoms with E-state index in [0.717, 1.165) is 18.4 Å². The Bertz CT molecular complexity index is 841. The molecule has 2 rings (SSSR count). The molecule has 2 aromatic rings. The van der Waals surface area contributed by atoms with Gasteiger partial charge < -0.3 is 0 Å². The maximum Gasteiger partial charge on any atom is 0.126 e. The molecule has 0 saturated heterocycles. The Labute approximate surface area is 135 Å². The van der Waals surface area contributed by atoms with Gasteiger partial charge in [-0.05, 0) is 24.6 Å². The Morgan fingerprint density at radius 3 is 2.91 bits per heavy atom. The first-order chi connectivity index (χ1) is 11.2. The number of allylic oxidation sites excluding steroid dienone is 3. The van der Waals surface area contributed by atoms with Crippen LogP contribution in [0.1, 0.15) is 30.9 Å². The molecule has 0 radical (unpaired) electrons. The van der Waals surface area contributed by atoms with Crippen LogP contribution in [0.15, 0.2) is 54.9 Å². The molecule has 0 saturated carbocycles. The maximum atomic E-state index is 13.5. The smallest absolute Gasteiger partial charge is 0.126 e. The lowest BCUT2D eigenvalue weighted by molar-refractivity contribution is 0.625. The highest BCUT2D eigenvalue weighted by Gasteiger charge is 2.04. The third kappa shape index (κ3) is 4.43. The summed E-state index contributed by atoms with van der Waals surface area (Å²) in [5, 5.41) is 13.1. The number of hydrogen-bond donors (Lipinski definition) is 0. The zero-order valence-electron chi connectivity index (χ0n) is 12.9. The molecule has 0 aliphatic carbocycles. The quantitative estimate of drug-likeness (QED) is 0.629. The van der Waals surface area contributed by atoms with Crippen molar-refractivity contribution >= 4 is 0 Å². The first-order valence-electron chi connectivity index (χ1n) is 7.26. The topological polar surface area (TPSA) is 41.6 Å². The molecule has 0 aliphatic rings. The molecule has 4 heteroatoms. The molecule has 0 fully saturated rings. The van der Waals surface area contributed by atoms with Gasteiger partial charge in [-0.3, -0.25) is 0 Å². The molecule has 3 nitrogen and oxygen atoms in total. The van der Waals surface area contributed by atoms with Crippen molar-refractivity contribution in [1.29, 1.82) is 5.26 Å². The molecule has 0 unspecified atom stereocenters. The average Bonchev–Trinajstić information content (AvgIpc) is 3.03. The third-order valence-corrected chi connectivity index (χ3v) is 3.08. The minimum atomic E-state index is -0.473. The van der Waals surface area contributed by atoms with Crippen LogP contribution in [0.25, 0.3) is 5.69 Å². The predicted octanol–water partition coefficient (Wildman–Crippen LogP) is 4.15. The summed E-state index contributed by atoms with van der Waals surface area (Å²) in [5.74, 6) is 5.57. The lowest BCUT2D eigenvalue weighted by atomic mass is 10.2. The van der Waals surface area contributed by atoms with Crippen LogP contribution in [0.3, 0.4) is 0 Å². The highest BCUT2D eigenvalue weighted by atomic mass is 19.1. The summed E-state index contributed by atoms with van der Waals surface area (Å²) >= 11 is 0. The van der Waals surface area contributed by atoms with Crippen LogP contribution in [0.5, 0.6) is 0 Å². The molecule has 114 valence electrons. The van der Waals surface area contributed by atoms with Gasteiger partial charge >= 0.3 is 0 Å². The minimum absolute atomic E-state index is 0.250. The average molecular weight is 305 g/mol. The summed E-state index contributed by atoms with van der Waals surface area (Å²) in [6.07, 6.45) is 9.07. The summed E-state index contributed by atoms with van der Waals surface area (Å²) in [7, 11) is 0. The molecule has 1 heterocycles. The van der Waals surface area contributed by atoms with Crippen molar-refractivity contribution in [1.82, 2.24) is 9.78 Å². The number of unbranched alkanes of at least 4 members (excludes halogenated alkanes) is 1. The number of hydrogen-bond acceptors (Lipinski definition) is 2. The third-order valence-electron chi connectivity index (χ3n) is 3.08. The number of aromatic nitrogens is 2. The molecule has 0 bridgehead atoms. The zero-order valence-corrected chi connectivity index (χ0v) is 12.9. The Morgan fingerprint density at radius 2 is 2.22 bits per heavy atom. The largest absolute Gasteiger partial charge is 0.240 e. The molecular formula is C19H16FN3. The van der Waals surface area contributed by atoms with E-state index in [1.54, 1.807) is 24.5 Å². The van der Waals surface area contributed by atoms with E-state index in [1.807, 2.05) is 12.1 Å². The minimum Gasteiger partial charge on any atom is -0.240 e. The summed E-state index contributed by atoms with van der Waals surface area (Å²) < 4.78 is 15.0. The van der Waals surface area contributed by atoms with Crippen LogP contribution in [-0.4, -0.2) is 9.78 Å². The van der Waals surface area contributed by atoms with Crippen molar-refractivity contribution in [3.63, 3.8) is 0 Å². The van der Waals surface area contributed by atoms with Crippen LogP contribution in [-0.2, 0) is 0 Å². The highest BCUT2D eigenvalue weighted by Crippen LogP contribution is 2.13. The van der Waals surface area contributed by atoms with Gasteiger partial charge in [0.1, 0.15) is 5.82 Å². The van der Waals surface area contributed by atoms with Gasteiger partial charge in [-0.2, -0.15) is 10.4 Å². The van der Waals surface area contributed by atoms with E-state index in [1.165, 1.54) is 16.8 Å². The fourth-order valence-electron chi connectivity index (χ4n) is 1.93. The van der Waals surface area contributed by atoms with Gasteiger partial charge in [0.2, 0.25) is 0 Å². The van der Waals surface area contributed by atoms with E-state index >= 15 is 0 Å². The lowest BCUT2D eigenvalue weighted by Crippen LogP contribution is -1.96. The van der Waals surface area contributed by atoms with Crippen LogP contribution < -0.4 is 0 Å². The van der Waals surface area contributed by atoms with E-state index in [2.05, 4.69) is 30.4 Å². The fraction of sp³-hybridized carbons (Fsp3) is 0.158. The number of nitriles is 1. The number of benzene rings is 1. The Morgan fingerprint density at radius 1 is 1.39 bits per heavy atom. The van der Waals surface area contributed by atoms with Gasteiger partial charge in [0, 0.05) is 11.8 Å². The molecule has 0 spiro atoms. The lowest BCUT2D eigenvalue weighted by Gasteiger charge is -2.01. The maximum absolute atomic E-state index is 13.5. The standard InChI is InChI=1S/C19H16FN3/c1-3-5-6-15(4-2)7-8-16-13-22-23(14-16)19-10-17(12-21)9-18(20)11-19/h4,6,9-11,13-14H,2-3,5H2,1H3/b15-6+. The van der Waals surface area contributed by atoms with Crippen molar-refractivity contribution in [2.75, 3.05) is 0 Å². The number of halogens is 1. The van der Waals surface area contributed by atoms with Crippen molar-refractivity contribution in [3.05, 3.63) is 71.8 Å². The summed E-state index contributed by atoms with van der Waals surface area (Å²) in [6.45, 7) is 5.84. The van der Waals surface area contributed by atoms with Crippen molar-refractivity contribution in [3.8, 4) is 23.6 Å². The van der Waals surface area contributed by atoms with Gasteiger partial charge in [-0.1, -0.05) is 43.9 Å². The summed E-state index contributed by atoms with van der Waals surface area (Å²) in [6, 6.07) is 6.00. The molecule has 0 amide bonds.